The van der Waals surface area contributed by atoms with Crippen molar-refractivity contribution in [2.24, 2.45) is 0 Å². The molecule has 9 heteroatoms. The van der Waals surface area contributed by atoms with Crippen LogP contribution in [0.15, 0.2) is 18.2 Å². The highest BCUT2D eigenvalue weighted by Crippen LogP contribution is 2.28. The number of benzene rings is 1. The van der Waals surface area contributed by atoms with Crippen molar-refractivity contribution in [1.82, 2.24) is 4.90 Å². The van der Waals surface area contributed by atoms with E-state index in [0.29, 0.717) is 31.1 Å². The van der Waals surface area contributed by atoms with Crippen LogP contribution in [0.2, 0.25) is 0 Å². The largest absolute Gasteiger partial charge is 0.493 e. The van der Waals surface area contributed by atoms with Crippen molar-refractivity contribution in [3.8, 4) is 11.5 Å². The summed E-state index contributed by atoms with van der Waals surface area (Å²) in [5.41, 5.74) is 0.246. The van der Waals surface area contributed by atoms with Gasteiger partial charge in [-0.25, -0.2) is 13.2 Å². The molecular formula is C22H33NO7S. The van der Waals surface area contributed by atoms with Crippen LogP contribution in [0.4, 0.5) is 0 Å². The number of unbranched alkanes of at least 4 members (excludes halogenated alkanes) is 2. The number of nitrogens with zero attached hydrogens (tertiary/aromatic N) is 1. The molecule has 0 saturated carbocycles. The van der Waals surface area contributed by atoms with Crippen LogP contribution in [0.3, 0.4) is 0 Å². The molecule has 1 heterocycles. The smallest absolute Gasteiger partial charge is 0.338 e. The van der Waals surface area contributed by atoms with Gasteiger partial charge < -0.3 is 19.1 Å². The fraction of sp³-hybridized carbons (Fsp3) is 0.636. The van der Waals surface area contributed by atoms with Crippen LogP contribution in [0, 0.1) is 0 Å². The number of sulfone groups is 1. The third-order valence-electron chi connectivity index (χ3n) is 5.20. The Hall–Kier alpha value is -2.29. The quantitative estimate of drug-likeness (QED) is 0.353. The van der Waals surface area contributed by atoms with Gasteiger partial charge in [-0.1, -0.05) is 26.7 Å². The maximum atomic E-state index is 12.7. The predicted molar refractivity (Wildman–Crippen MR) is 117 cm³/mol. The minimum atomic E-state index is -3.12. The first-order chi connectivity index (χ1) is 14.8. The van der Waals surface area contributed by atoms with Gasteiger partial charge in [-0.15, -0.1) is 0 Å². The lowest BCUT2D eigenvalue weighted by atomic mass is 10.2. The molecule has 0 N–H and O–H groups in total. The van der Waals surface area contributed by atoms with E-state index in [1.807, 2.05) is 6.92 Å². The summed E-state index contributed by atoms with van der Waals surface area (Å²) < 4.78 is 39.8. The normalized spacial score (nSPS) is 17.2. The summed E-state index contributed by atoms with van der Waals surface area (Å²) in [7, 11) is -1.63. The molecule has 0 spiro atoms. The van der Waals surface area contributed by atoms with Crippen molar-refractivity contribution in [3.05, 3.63) is 23.8 Å². The van der Waals surface area contributed by atoms with Crippen LogP contribution in [-0.2, 0) is 19.4 Å². The third kappa shape index (κ3) is 7.41. The maximum Gasteiger partial charge on any atom is 0.338 e. The van der Waals surface area contributed by atoms with Crippen molar-refractivity contribution in [2.45, 2.75) is 52.0 Å². The van der Waals surface area contributed by atoms with Gasteiger partial charge in [0.2, 0.25) is 0 Å². The van der Waals surface area contributed by atoms with Gasteiger partial charge in [0.25, 0.3) is 5.91 Å². The lowest BCUT2D eigenvalue weighted by Crippen LogP contribution is -2.43. The van der Waals surface area contributed by atoms with Crippen molar-refractivity contribution >= 4 is 21.7 Å². The van der Waals surface area contributed by atoms with Crippen LogP contribution in [0.5, 0.6) is 11.5 Å². The molecule has 0 radical (unpaired) electrons. The zero-order chi connectivity index (χ0) is 22.9. The molecule has 174 valence electrons. The summed E-state index contributed by atoms with van der Waals surface area (Å²) in [6, 6.07) is 4.37. The Labute approximate surface area is 184 Å². The van der Waals surface area contributed by atoms with Crippen LogP contribution in [0.1, 0.15) is 56.3 Å². The van der Waals surface area contributed by atoms with E-state index in [9.17, 15) is 18.0 Å². The predicted octanol–water partition coefficient (Wildman–Crippen LogP) is 2.85. The molecule has 1 unspecified atom stereocenters. The van der Waals surface area contributed by atoms with Gasteiger partial charge >= 0.3 is 5.97 Å². The average Bonchev–Trinajstić information content (AvgIpc) is 3.11. The van der Waals surface area contributed by atoms with Gasteiger partial charge in [0, 0.05) is 12.6 Å². The van der Waals surface area contributed by atoms with Gasteiger partial charge in [0.15, 0.2) is 27.9 Å². The Kier molecular flexibility index (Phi) is 9.61. The van der Waals surface area contributed by atoms with Crippen molar-refractivity contribution in [1.29, 1.82) is 0 Å². The van der Waals surface area contributed by atoms with Gasteiger partial charge in [0.1, 0.15) is 0 Å². The average molecular weight is 456 g/mol. The number of rotatable bonds is 12. The Morgan fingerprint density at radius 3 is 2.48 bits per heavy atom. The highest BCUT2D eigenvalue weighted by Gasteiger charge is 2.34. The van der Waals surface area contributed by atoms with Crippen LogP contribution < -0.4 is 9.47 Å². The first-order valence-electron chi connectivity index (χ1n) is 10.8. The van der Waals surface area contributed by atoms with Gasteiger partial charge in [-0.05, 0) is 37.5 Å². The van der Waals surface area contributed by atoms with Crippen LogP contribution in [-0.4, -0.2) is 69.6 Å². The second kappa shape index (κ2) is 11.9. The molecule has 0 aliphatic carbocycles. The minimum Gasteiger partial charge on any atom is -0.493 e. The van der Waals surface area contributed by atoms with Crippen molar-refractivity contribution in [3.63, 3.8) is 0 Å². The molecule has 1 aliphatic rings. The molecule has 1 aliphatic heterocycles. The number of esters is 1. The van der Waals surface area contributed by atoms with E-state index >= 15 is 0 Å². The second-order valence-electron chi connectivity index (χ2n) is 7.64. The van der Waals surface area contributed by atoms with Crippen LogP contribution in [0.25, 0.3) is 0 Å². The molecule has 1 amide bonds. The number of carbonyl (C=O) groups is 2. The topological polar surface area (TPSA) is 99.2 Å². The Morgan fingerprint density at radius 1 is 1.13 bits per heavy atom. The molecule has 1 atom stereocenters. The van der Waals surface area contributed by atoms with E-state index < -0.39 is 22.4 Å². The van der Waals surface area contributed by atoms with E-state index in [4.69, 9.17) is 14.2 Å². The van der Waals surface area contributed by atoms with E-state index in [0.717, 1.165) is 25.7 Å². The summed E-state index contributed by atoms with van der Waals surface area (Å²) in [6.45, 7) is 4.63. The van der Waals surface area contributed by atoms with E-state index in [1.165, 1.54) is 13.2 Å². The number of hydrogen-bond donors (Lipinski definition) is 0. The summed E-state index contributed by atoms with van der Waals surface area (Å²) in [5.74, 6) is -0.0292. The summed E-state index contributed by atoms with van der Waals surface area (Å²) in [5, 5.41) is 0. The molecular weight excluding hydrogens is 422 g/mol. The molecule has 8 nitrogen and oxygen atoms in total. The number of hydrogen-bond acceptors (Lipinski definition) is 7. The van der Waals surface area contributed by atoms with E-state index in [2.05, 4.69) is 6.92 Å². The molecule has 1 saturated heterocycles. The van der Waals surface area contributed by atoms with E-state index in [-0.39, 0.29) is 29.0 Å². The summed E-state index contributed by atoms with van der Waals surface area (Å²) in [4.78, 5) is 26.7. The standard InChI is InChI=1S/C22H33NO7S/c1-4-6-11-23(18-10-13-31(26,27)16-18)21(24)15-30-22(25)17-8-9-19(20(14-17)28-3)29-12-7-5-2/h8-9,14,18H,4-7,10-13,15-16H2,1-3H3. The lowest BCUT2D eigenvalue weighted by Gasteiger charge is -2.28. The highest BCUT2D eigenvalue weighted by atomic mass is 32.2. The second-order valence-corrected chi connectivity index (χ2v) is 9.87. The fourth-order valence-electron chi connectivity index (χ4n) is 3.39. The monoisotopic (exact) mass is 455 g/mol. The summed E-state index contributed by atoms with van der Waals surface area (Å²) in [6.07, 6.45) is 3.96. The fourth-order valence-corrected chi connectivity index (χ4v) is 5.13. The highest BCUT2D eigenvalue weighted by molar-refractivity contribution is 7.91. The molecule has 0 aromatic heterocycles. The maximum absolute atomic E-state index is 12.7. The Morgan fingerprint density at radius 2 is 1.87 bits per heavy atom. The molecule has 2 rings (SSSR count). The Balaban J connectivity index is 1.99. The summed E-state index contributed by atoms with van der Waals surface area (Å²) >= 11 is 0. The van der Waals surface area contributed by atoms with Crippen molar-refractivity contribution < 1.29 is 32.2 Å². The number of ether oxygens (including phenoxy) is 3. The van der Waals surface area contributed by atoms with E-state index in [1.54, 1.807) is 17.0 Å². The first-order valence-corrected chi connectivity index (χ1v) is 12.6. The molecule has 31 heavy (non-hydrogen) atoms. The zero-order valence-corrected chi connectivity index (χ0v) is 19.4. The van der Waals surface area contributed by atoms with Crippen LogP contribution >= 0.6 is 0 Å². The molecule has 0 bridgehead atoms. The number of amides is 1. The van der Waals surface area contributed by atoms with Gasteiger partial charge in [-0.3, -0.25) is 4.79 Å². The zero-order valence-electron chi connectivity index (χ0n) is 18.6. The number of methoxy groups -OCH3 is 1. The number of carbonyl (C=O) groups excluding carboxylic acids is 2. The third-order valence-corrected chi connectivity index (χ3v) is 6.95. The molecule has 1 aromatic rings. The minimum absolute atomic E-state index is 0.0346. The lowest BCUT2D eigenvalue weighted by molar-refractivity contribution is -0.136. The van der Waals surface area contributed by atoms with Crippen molar-refractivity contribution in [2.75, 3.05) is 38.4 Å². The molecule has 1 aromatic carbocycles. The first kappa shape index (κ1) is 25.0. The SMILES string of the molecule is CCCCOc1ccc(C(=O)OCC(=O)N(CCCC)C2CCS(=O)(=O)C2)cc1OC. The molecule has 1 fully saturated rings. The van der Waals surface area contributed by atoms with Gasteiger partial charge in [0.05, 0.1) is 30.8 Å². The van der Waals surface area contributed by atoms with Gasteiger partial charge in [-0.2, -0.15) is 0 Å². The Bertz CT molecular complexity index is 853.